The van der Waals surface area contributed by atoms with Crippen LogP contribution in [0.2, 0.25) is 0 Å². The van der Waals surface area contributed by atoms with Crippen LogP contribution in [-0.4, -0.2) is 66.8 Å². The van der Waals surface area contributed by atoms with Crippen molar-refractivity contribution < 1.29 is 18.7 Å². The highest BCUT2D eigenvalue weighted by Gasteiger charge is 2.43. The van der Waals surface area contributed by atoms with Crippen molar-refractivity contribution in [3.05, 3.63) is 23.7 Å². The number of furan rings is 1. The molecule has 6 heteroatoms. The molecular weight excluding hydrogens is 320 g/mol. The maximum Gasteiger partial charge on any atom is 0.248 e. The van der Waals surface area contributed by atoms with E-state index < -0.39 is 0 Å². The molecule has 1 aromatic rings. The number of nitrogens with zero attached hydrogens (tertiary/aromatic N) is 2. The van der Waals surface area contributed by atoms with Crippen LogP contribution in [0.3, 0.4) is 0 Å². The number of ether oxygens (including phenoxy) is 2. The van der Waals surface area contributed by atoms with E-state index in [1.54, 1.807) is 0 Å². The Balaban J connectivity index is 1.32. The highest BCUT2D eigenvalue weighted by molar-refractivity contribution is 5.77. The Labute approximate surface area is 149 Å². The normalized spacial score (nSPS) is 30.0. The molecule has 2 aliphatic heterocycles. The fraction of sp³-hybridized carbons (Fsp3) is 0.737. The predicted molar refractivity (Wildman–Crippen MR) is 92.2 cm³/mol. The first-order valence-corrected chi connectivity index (χ1v) is 9.51. The molecule has 138 valence electrons. The van der Waals surface area contributed by atoms with E-state index in [0.29, 0.717) is 12.6 Å². The Hall–Kier alpha value is -1.37. The molecule has 0 N–H and O–H groups in total. The van der Waals surface area contributed by atoms with E-state index in [4.69, 9.17) is 13.9 Å². The van der Waals surface area contributed by atoms with Crippen LogP contribution in [-0.2, 0) is 20.8 Å². The van der Waals surface area contributed by atoms with E-state index in [2.05, 4.69) is 11.0 Å². The molecule has 6 nitrogen and oxygen atoms in total. The van der Waals surface area contributed by atoms with Crippen molar-refractivity contribution >= 4 is 5.91 Å². The van der Waals surface area contributed by atoms with Gasteiger partial charge in [-0.1, -0.05) is 0 Å². The number of amides is 1. The van der Waals surface area contributed by atoms with Gasteiger partial charge < -0.3 is 18.8 Å². The van der Waals surface area contributed by atoms with Crippen LogP contribution in [0.1, 0.15) is 37.2 Å². The predicted octanol–water partition coefficient (Wildman–Crippen LogP) is 1.96. The van der Waals surface area contributed by atoms with E-state index in [1.807, 2.05) is 17.9 Å². The molecule has 3 aliphatic rings. The van der Waals surface area contributed by atoms with Gasteiger partial charge in [-0.15, -0.1) is 0 Å². The molecular formula is C19H28N2O4. The summed E-state index contributed by atoms with van der Waals surface area (Å²) >= 11 is 0. The van der Waals surface area contributed by atoms with Gasteiger partial charge in [0.1, 0.15) is 18.1 Å². The minimum Gasteiger partial charge on any atom is -0.465 e. The summed E-state index contributed by atoms with van der Waals surface area (Å²) in [5, 5.41) is 0. The van der Waals surface area contributed by atoms with Crippen molar-refractivity contribution in [2.75, 3.05) is 32.8 Å². The van der Waals surface area contributed by atoms with Gasteiger partial charge in [0.2, 0.25) is 5.91 Å². The second-order valence-corrected chi connectivity index (χ2v) is 7.40. The van der Waals surface area contributed by atoms with E-state index in [9.17, 15) is 4.79 Å². The lowest BCUT2D eigenvalue weighted by Gasteiger charge is -2.38. The summed E-state index contributed by atoms with van der Waals surface area (Å²) in [5.74, 6) is 2.08. The Morgan fingerprint density at radius 3 is 2.84 bits per heavy atom. The monoisotopic (exact) mass is 348 g/mol. The van der Waals surface area contributed by atoms with Crippen molar-refractivity contribution in [2.45, 2.75) is 57.4 Å². The SMILES string of the molecule is Cc1ccc(CN2CCO[C@H]3[C@H]2CC[C@H]3OCC(=O)N2CCCC2)o1. The van der Waals surface area contributed by atoms with Crippen LogP contribution in [0, 0.1) is 6.92 Å². The van der Waals surface area contributed by atoms with E-state index >= 15 is 0 Å². The Morgan fingerprint density at radius 1 is 1.24 bits per heavy atom. The molecule has 0 unspecified atom stereocenters. The number of hydrogen-bond donors (Lipinski definition) is 0. The van der Waals surface area contributed by atoms with Crippen molar-refractivity contribution in [3.63, 3.8) is 0 Å². The van der Waals surface area contributed by atoms with Crippen LogP contribution in [0.4, 0.5) is 0 Å². The quantitative estimate of drug-likeness (QED) is 0.814. The van der Waals surface area contributed by atoms with Crippen molar-refractivity contribution in [3.8, 4) is 0 Å². The van der Waals surface area contributed by atoms with Gasteiger partial charge in [-0.05, 0) is 44.7 Å². The molecule has 1 aliphatic carbocycles. The summed E-state index contributed by atoms with van der Waals surface area (Å²) < 4.78 is 17.7. The molecule has 1 saturated carbocycles. The number of morpholine rings is 1. The maximum atomic E-state index is 12.2. The molecule has 3 atom stereocenters. The summed E-state index contributed by atoms with van der Waals surface area (Å²) in [4.78, 5) is 16.6. The zero-order chi connectivity index (χ0) is 17.2. The van der Waals surface area contributed by atoms with Crippen LogP contribution in [0.5, 0.6) is 0 Å². The molecule has 25 heavy (non-hydrogen) atoms. The third-order valence-corrected chi connectivity index (χ3v) is 5.69. The molecule has 1 amide bonds. The van der Waals surface area contributed by atoms with E-state index in [1.165, 1.54) is 0 Å². The van der Waals surface area contributed by atoms with Gasteiger partial charge >= 0.3 is 0 Å². The number of likely N-dealkylation sites (tertiary alicyclic amines) is 1. The van der Waals surface area contributed by atoms with Crippen LogP contribution < -0.4 is 0 Å². The van der Waals surface area contributed by atoms with Crippen LogP contribution in [0.15, 0.2) is 16.5 Å². The van der Waals surface area contributed by atoms with Crippen molar-refractivity contribution in [2.24, 2.45) is 0 Å². The van der Waals surface area contributed by atoms with Gasteiger partial charge in [0, 0.05) is 25.7 Å². The Morgan fingerprint density at radius 2 is 2.08 bits per heavy atom. The minimum absolute atomic E-state index is 0.0256. The van der Waals surface area contributed by atoms with E-state index in [-0.39, 0.29) is 24.7 Å². The lowest BCUT2D eigenvalue weighted by molar-refractivity contribution is -0.145. The average molecular weight is 348 g/mol. The molecule has 0 radical (unpaired) electrons. The fourth-order valence-corrected chi connectivity index (χ4v) is 4.37. The third kappa shape index (κ3) is 3.76. The first kappa shape index (κ1) is 17.1. The third-order valence-electron chi connectivity index (χ3n) is 5.69. The topological polar surface area (TPSA) is 55.2 Å². The summed E-state index contributed by atoms with van der Waals surface area (Å²) in [6.07, 6.45) is 4.33. The molecule has 4 rings (SSSR count). The minimum atomic E-state index is 0.0256. The highest BCUT2D eigenvalue weighted by atomic mass is 16.5. The van der Waals surface area contributed by atoms with Crippen molar-refractivity contribution in [1.82, 2.24) is 9.80 Å². The lowest BCUT2D eigenvalue weighted by Crippen LogP contribution is -2.51. The smallest absolute Gasteiger partial charge is 0.248 e. The average Bonchev–Trinajstić information content (AvgIpc) is 3.34. The number of carbonyl (C=O) groups excluding carboxylic acids is 1. The molecule has 3 fully saturated rings. The zero-order valence-electron chi connectivity index (χ0n) is 15.0. The van der Waals surface area contributed by atoms with Crippen LogP contribution >= 0.6 is 0 Å². The molecule has 2 saturated heterocycles. The largest absolute Gasteiger partial charge is 0.465 e. The summed E-state index contributed by atoms with van der Waals surface area (Å²) in [5.41, 5.74) is 0. The summed E-state index contributed by atoms with van der Waals surface area (Å²) in [6, 6.07) is 4.42. The highest BCUT2D eigenvalue weighted by Crippen LogP contribution is 2.33. The number of hydrogen-bond acceptors (Lipinski definition) is 5. The van der Waals surface area contributed by atoms with Gasteiger partial charge in [0.15, 0.2) is 0 Å². The second-order valence-electron chi connectivity index (χ2n) is 7.40. The second kappa shape index (κ2) is 7.48. The lowest BCUT2D eigenvalue weighted by atomic mass is 10.1. The molecule has 0 spiro atoms. The number of aryl methyl sites for hydroxylation is 1. The Bertz CT molecular complexity index is 596. The summed E-state index contributed by atoms with van der Waals surface area (Å²) in [6.45, 7) is 6.37. The van der Waals surface area contributed by atoms with Crippen molar-refractivity contribution in [1.29, 1.82) is 0 Å². The first-order chi connectivity index (χ1) is 12.2. The molecule has 3 heterocycles. The molecule has 0 bridgehead atoms. The van der Waals surface area contributed by atoms with Gasteiger partial charge in [-0.3, -0.25) is 9.69 Å². The molecule has 1 aromatic heterocycles. The van der Waals surface area contributed by atoms with Gasteiger partial charge in [-0.25, -0.2) is 0 Å². The number of fused-ring (bicyclic) bond motifs is 1. The van der Waals surface area contributed by atoms with Gasteiger partial charge in [-0.2, -0.15) is 0 Å². The standard InChI is InChI=1S/C19H28N2O4/c1-14-4-5-15(25-14)12-21-10-11-23-19-16(21)6-7-17(19)24-13-18(22)20-8-2-3-9-20/h4-5,16-17,19H,2-3,6-13H2,1H3/t16-,17-,19+/m1/s1. The van der Waals surface area contributed by atoms with Gasteiger partial charge in [0.05, 0.1) is 25.4 Å². The Kier molecular flexibility index (Phi) is 5.10. The first-order valence-electron chi connectivity index (χ1n) is 9.51. The van der Waals surface area contributed by atoms with E-state index in [0.717, 1.165) is 63.4 Å². The van der Waals surface area contributed by atoms with Gasteiger partial charge in [0.25, 0.3) is 0 Å². The zero-order valence-corrected chi connectivity index (χ0v) is 15.0. The maximum absolute atomic E-state index is 12.2. The number of rotatable bonds is 5. The molecule has 0 aromatic carbocycles. The fourth-order valence-electron chi connectivity index (χ4n) is 4.37. The number of carbonyl (C=O) groups is 1. The summed E-state index contributed by atoms with van der Waals surface area (Å²) in [7, 11) is 0. The van der Waals surface area contributed by atoms with Crippen LogP contribution in [0.25, 0.3) is 0 Å².